The van der Waals surface area contributed by atoms with Crippen molar-refractivity contribution in [3.8, 4) is 5.75 Å². The van der Waals surface area contributed by atoms with Gasteiger partial charge in [0.15, 0.2) is 6.61 Å². The summed E-state index contributed by atoms with van der Waals surface area (Å²) in [6.07, 6.45) is 0.459. The minimum Gasteiger partial charge on any atom is -0.482 e. The van der Waals surface area contributed by atoms with Crippen LogP contribution in [0.1, 0.15) is 18.9 Å². The summed E-state index contributed by atoms with van der Waals surface area (Å²) in [7, 11) is 0. The molecule has 2 amide bonds. The van der Waals surface area contributed by atoms with E-state index in [-0.39, 0.29) is 31.6 Å². The Hall–Kier alpha value is -2.57. The highest BCUT2D eigenvalue weighted by atomic mass is 35.5. The molecular weight excluding hydrogens is 380 g/mol. The van der Waals surface area contributed by atoms with Gasteiger partial charge < -0.3 is 20.1 Å². The van der Waals surface area contributed by atoms with Crippen molar-refractivity contribution < 1.29 is 19.4 Å². The molecule has 0 bridgehead atoms. The molecule has 7 heteroatoms. The topological polar surface area (TPSA) is 78.9 Å². The molecule has 0 aliphatic carbocycles. The molecule has 0 fully saturated rings. The predicted octanol–water partition coefficient (Wildman–Crippen LogP) is 2.63. The van der Waals surface area contributed by atoms with E-state index in [1.165, 1.54) is 4.90 Å². The molecule has 0 heterocycles. The Labute approximate surface area is 170 Å². The number of ether oxygens (including phenoxy) is 1. The number of nitrogens with zero attached hydrogens (tertiary/aromatic N) is 1. The molecule has 0 radical (unpaired) electrons. The number of amides is 2. The fourth-order valence-electron chi connectivity index (χ4n) is 2.59. The predicted molar refractivity (Wildman–Crippen MR) is 108 cm³/mol. The lowest BCUT2D eigenvalue weighted by atomic mass is 10.1. The Morgan fingerprint density at radius 2 is 1.82 bits per heavy atom. The van der Waals surface area contributed by atoms with Gasteiger partial charge in [0.25, 0.3) is 5.91 Å². The van der Waals surface area contributed by atoms with Gasteiger partial charge in [0, 0.05) is 19.7 Å². The van der Waals surface area contributed by atoms with Crippen LogP contribution in [0.5, 0.6) is 5.75 Å². The third-order valence-electron chi connectivity index (χ3n) is 4.18. The normalized spacial score (nSPS) is 11.5. The molecule has 0 aromatic heterocycles. The first-order valence-corrected chi connectivity index (χ1v) is 9.50. The van der Waals surface area contributed by atoms with Gasteiger partial charge in [-0.15, -0.1) is 0 Å². The first-order valence-electron chi connectivity index (χ1n) is 9.12. The van der Waals surface area contributed by atoms with E-state index < -0.39 is 6.04 Å². The third kappa shape index (κ3) is 6.55. The fourth-order valence-corrected chi connectivity index (χ4v) is 2.78. The summed E-state index contributed by atoms with van der Waals surface area (Å²) in [5.41, 5.74) is 0.906. The molecule has 0 saturated carbocycles. The van der Waals surface area contributed by atoms with Gasteiger partial charge in [-0.3, -0.25) is 9.59 Å². The minimum atomic E-state index is -0.693. The van der Waals surface area contributed by atoms with Crippen LogP contribution in [0.3, 0.4) is 0 Å². The van der Waals surface area contributed by atoms with E-state index in [1.54, 1.807) is 31.2 Å². The minimum absolute atomic E-state index is 0.00695. The zero-order valence-corrected chi connectivity index (χ0v) is 16.6. The molecule has 2 aromatic rings. The smallest absolute Gasteiger partial charge is 0.261 e. The Morgan fingerprint density at radius 1 is 1.14 bits per heavy atom. The second kappa shape index (κ2) is 11.3. The quantitative estimate of drug-likeness (QED) is 0.597. The standard InChI is InChI=1S/C21H25ClN2O4/c1-16(21(27)23-12-7-13-25)24(14-17-8-3-2-4-9-17)20(26)15-28-19-11-6-5-10-18(19)22/h2-6,8-11,16,25H,7,12-15H2,1H3,(H,23,27). The van der Waals surface area contributed by atoms with Crippen LogP contribution in [0.15, 0.2) is 54.6 Å². The molecule has 2 aromatic carbocycles. The number of aliphatic hydroxyl groups excluding tert-OH is 1. The van der Waals surface area contributed by atoms with E-state index in [0.29, 0.717) is 23.7 Å². The maximum Gasteiger partial charge on any atom is 0.261 e. The number of benzene rings is 2. The average Bonchev–Trinajstić information content (AvgIpc) is 2.71. The molecule has 28 heavy (non-hydrogen) atoms. The zero-order chi connectivity index (χ0) is 20.4. The van der Waals surface area contributed by atoms with Gasteiger partial charge in [0.2, 0.25) is 5.91 Å². The van der Waals surface area contributed by atoms with E-state index in [9.17, 15) is 9.59 Å². The number of para-hydroxylation sites is 1. The highest BCUT2D eigenvalue weighted by Crippen LogP contribution is 2.23. The van der Waals surface area contributed by atoms with E-state index in [2.05, 4.69) is 5.32 Å². The van der Waals surface area contributed by atoms with Crippen molar-refractivity contribution in [3.63, 3.8) is 0 Å². The molecule has 0 spiro atoms. The summed E-state index contributed by atoms with van der Waals surface area (Å²) >= 11 is 6.07. The molecule has 1 unspecified atom stereocenters. The second-order valence-electron chi connectivity index (χ2n) is 6.27. The van der Waals surface area contributed by atoms with Crippen molar-refractivity contribution in [2.24, 2.45) is 0 Å². The number of hydrogen-bond acceptors (Lipinski definition) is 4. The van der Waals surface area contributed by atoms with Gasteiger partial charge in [-0.05, 0) is 31.0 Å². The summed E-state index contributed by atoms with van der Waals surface area (Å²) in [6, 6.07) is 15.7. The maximum atomic E-state index is 12.8. The number of halogens is 1. The van der Waals surface area contributed by atoms with Crippen LogP contribution in [0.25, 0.3) is 0 Å². The number of carbonyl (C=O) groups is 2. The summed E-state index contributed by atoms with van der Waals surface area (Å²) in [6.45, 7) is 2.06. The summed E-state index contributed by atoms with van der Waals surface area (Å²) < 4.78 is 5.56. The molecule has 2 rings (SSSR count). The van der Waals surface area contributed by atoms with Crippen LogP contribution in [-0.2, 0) is 16.1 Å². The van der Waals surface area contributed by atoms with Crippen LogP contribution in [0.2, 0.25) is 5.02 Å². The van der Waals surface area contributed by atoms with E-state index in [1.807, 2.05) is 30.3 Å². The Balaban J connectivity index is 2.08. The van der Waals surface area contributed by atoms with Crippen molar-refractivity contribution in [1.82, 2.24) is 10.2 Å². The first kappa shape index (κ1) is 21.7. The van der Waals surface area contributed by atoms with Crippen molar-refractivity contribution in [3.05, 3.63) is 65.2 Å². The molecule has 0 aliphatic rings. The van der Waals surface area contributed by atoms with Crippen LogP contribution in [0.4, 0.5) is 0 Å². The van der Waals surface area contributed by atoms with E-state index in [4.69, 9.17) is 21.4 Å². The van der Waals surface area contributed by atoms with Gasteiger partial charge in [0.1, 0.15) is 11.8 Å². The lowest BCUT2D eigenvalue weighted by molar-refractivity contribution is -0.142. The van der Waals surface area contributed by atoms with E-state index >= 15 is 0 Å². The number of nitrogens with one attached hydrogen (secondary N) is 1. The average molecular weight is 405 g/mol. The molecule has 0 aliphatic heterocycles. The highest BCUT2D eigenvalue weighted by molar-refractivity contribution is 6.32. The second-order valence-corrected chi connectivity index (χ2v) is 6.68. The van der Waals surface area contributed by atoms with Gasteiger partial charge >= 0.3 is 0 Å². The Kier molecular flexibility index (Phi) is 8.78. The zero-order valence-electron chi connectivity index (χ0n) is 15.8. The fraction of sp³-hybridized carbons (Fsp3) is 0.333. The molecule has 150 valence electrons. The molecular formula is C21H25ClN2O4. The van der Waals surface area contributed by atoms with Crippen LogP contribution in [-0.4, -0.2) is 47.6 Å². The third-order valence-corrected chi connectivity index (χ3v) is 4.50. The van der Waals surface area contributed by atoms with Crippen molar-refractivity contribution in [1.29, 1.82) is 0 Å². The monoisotopic (exact) mass is 404 g/mol. The summed E-state index contributed by atoms with van der Waals surface area (Å²) in [4.78, 5) is 26.8. The first-order chi connectivity index (χ1) is 13.5. The molecule has 1 atom stereocenters. The van der Waals surface area contributed by atoms with Gasteiger partial charge in [-0.1, -0.05) is 54.1 Å². The number of rotatable bonds is 10. The van der Waals surface area contributed by atoms with E-state index in [0.717, 1.165) is 5.56 Å². The summed E-state index contributed by atoms with van der Waals surface area (Å²) in [5.74, 6) is -0.193. The number of aliphatic hydroxyl groups is 1. The lowest BCUT2D eigenvalue weighted by Gasteiger charge is -2.28. The molecule has 0 saturated heterocycles. The highest BCUT2D eigenvalue weighted by Gasteiger charge is 2.26. The van der Waals surface area contributed by atoms with Crippen LogP contribution < -0.4 is 10.1 Å². The Morgan fingerprint density at radius 3 is 2.50 bits per heavy atom. The lowest BCUT2D eigenvalue weighted by Crippen LogP contribution is -2.49. The van der Waals surface area contributed by atoms with Gasteiger partial charge in [-0.2, -0.15) is 0 Å². The summed E-state index contributed by atoms with van der Waals surface area (Å²) in [5, 5.41) is 12.0. The Bertz CT molecular complexity index is 770. The van der Waals surface area contributed by atoms with Crippen LogP contribution >= 0.6 is 11.6 Å². The maximum absolute atomic E-state index is 12.8. The number of carbonyl (C=O) groups excluding carboxylic acids is 2. The SMILES string of the molecule is CC(C(=O)NCCCO)N(Cc1ccccc1)C(=O)COc1ccccc1Cl. The van der Waals surface area contributed by atoms with Crippen LogP contribution in [0, 0.1) is 0 Å². The molecule has 2 N–H and O–H groups in total. The van der Waals surface area contributed by atoms with Gasteiger partial charge in [0.05, 0.1) is 5.02 Å². The van der Waals surface area contributed by atoms with Crippen molar-refractivity contribution >= 4 is 23.4 Å². The van der Waals surface area contributed by atoms with Gasteiger partial charge in [-0.25, -0.2) is 0 Å². The van der Waals surface area contributed by atoms with Crippen molar-refractivity contribution in [2.45, 2.75) is 25.9 Å². The van der Waals surface area contributed by atoms with Crippen molar-refractivity contribution in [2.75, 3.05) is 19.8 Å². The molecule has 6 nitrogen and oxygen atoms in total. The largest absolute Gasteiger partial charge is 0.482 e. The number of hydrogen-bond donors (Lipinski definition) is 2.